The Labute approximate surface area is 258 Å². The number of rotatable bonds is 15. The smallest absolute Gasteiger partial charge is 0.243 e. The SMILES string of the molecule is CCCNC(=O)[C@H](Cc1ccccc1)N(Cc1ccc(Cl)c(Cl)c1)C(=O)CCCN(c1ccc(OC)cc1)S(C)(=O)=O. The summed E-state index contributed by atoms with van der Waals surface area (Å²) in [6, 6.07) is 20.5. The van der Waals surface area contributed by atoms with Crippen LogP contribution in [-0.2, 0) is 32.6 Å². The summed E-state index contributed by atoms with van der Waals surface area (Å²) in [6.07, 6.45) is 2.45. The molecule has 0 aromatic heterocycles. The molecule has 11 heteroatoms. The van der Waals surface area contributed by atoms with Gasteiger partial charge in [0.1, 0.15) is 11.8 Å². The van der Waals surface area contributed by atoms with Crippen molar-refractivity contribution in [2.45, 2.75) is 45.2 Å². The van der Waals surface area contributed by atoms with Gasteiger partial charge in [-0.25, -0.2) is 8.42 Å². The summed E-state index contributed by atoms with van der Waals surface area (Å²) < 4.78 is 31.7. The van der Waals surface area contributed by atoms with E-state index in [4.69, 9.17) is 27.9 Å². The van der Waals surface area contributed by atoms with Crippen LogP contribution in [0.4, 0.5) is 5.69 Å². The molecule has 0 heterocycles. The fourth-order valence-electron chi connectivity index (χ4n) is 4.51. The average Bonchev–Trinajstić information content (AvgIpc) is 2.97. The Kier molecular flexibility index (Phi) is 12.5. The highest BCUT2D eigenvalue weighted by Crippen LogP contribution is 2.25. The van der Waals surface area contributed by atoms with Gasteiger partial charge >= 0.3 is 0 Å². The first-order valence-electron chi connectivity index (χ1n) is 13.7. The molecule has 0 unspecified atom stereocenters. The molecular weight excluding hydrogens is 597 g/mol. The molecule has 2 amide bonds. The number of carbonyl (C=O) groups excluding carboxylic acids is 2. The third kappa shape index (κ3) is 9.64. The highest BCUT2D eigenvalue weighted by atomic mass is 35.5. The number of benzene rings is 3. The highest BCUT2D eigenvalue weighted by molar-refractivity contribution is 7.92. The van der Waals surface area contributed by atoms with Gasteiger partial charge in [0, 0.05) is 32.5 Å². The Morgan fingerprint density at radius 3 is 2.24 bits per heavy atom. The van der Waals surface area contributed by atoms with E-state index in [1.807, 2.05) is 37.3 Å². The third-order valence-electron chi connectivity index (χ3n) is 6.67. The zero-order chi connectivity index (χ0) is 30.7. The molecule has 0 aliphatic carbocycles. The molecule has 0 bridgehead atoms. The Morgan fingerprint density at radius 1 is 0.952 bits per heavy atom. The number of carbonyl (C=O) groups is 2. The van der Waals surface area contributed by atoms with Crippen LogP contribution in [0.25, 0.3) is 0 Å². The Hall–Kier alpha value is -3.27. The fraction of sp³-hybridized carbons (Fsp3) is 0.355. The molecule has 3 rings (SSSR count). The van der Waals surface area contributed by atoms with Crippen molar-refractivity contribution in [3.63, 3.8) is 0 Å². The molecular formula is C31H37Cl2N3O5S. The lowest BCUT2D eigenvalue weighted by atomic mass is 10.0. The van der Waals surface area contributed by atoms with Crippen molar-refractivity contribution >= 4 is 50.7 Å². The molecule has 3 aromatic rings. The van der Waals surface area contributed by atoms with Crippen LogP contribution in [0, 0.1) is 0 Å². The third-order valence-corrected chi connectivity index (χ3v) is 8.60. The number of hydrogen-bond acceptors (Lipinski definition) is 5. The highest BCUT2D eigenvalue weighted by Gasteiger charge is 2.30. The van der Waals surface area contributed by atoms with Crippen LogP contribution in [0.3, 0.4) is 0 Å². The summed E-state index contributed by atoms with van der Waals surface area (Å²) in [5.41, 5.74) is 2.10. The van der Waals surface area contributed by atoms with Crippen molar-refractivity contribution < 1.29 is 22.7 Å². The maximum atomic E-state index is 13.9. The van der Waals surface area contributed by atoms with Crippen molar-refractivity contribution in [3.8, 4) is 5.75 Å². The van der Waals surface area contributed by atoms with Crippen LogP contribution in [-0.4, -0.2) is 57.6 Å². The lowest BCUT2D eigenvalue weighted by molar-refractivity contribution is -0.141. The second-order valence-corrected chi connectivity index (χ2v) is 12.6. The number of anilines is 1. The van der Waals surface area contributed by atoms with E-state index in [2.05, 4.69) is 5.32 Å². The van der Waals surface area contributed by atoms with E-state index in [1.165, 1.54) is 11.4 Å². The van der Waals surface area contributed by atoms with Gasteiger partial charge in [-0.3, -0.25) is 13.9 Å². The van der Waals surface area contributed by atoms with Gasteiger partial charge in [-0.1, -0.05) is 66.5 Å². The van der Waals surface area contributed by atoms with Crippen LogP contribution in [0.5, 0.6) is 5.75 Å². The summed E-state index contributed by atoms with van der Waals surface area (Å²) in [7, 11) is -2.08. The minimum Gasteiger partial charge on any atom is -0.497 e. The van der Waals surface area contributed by atoms with Gasteiger partial charge in [-0.05, 0) is 60.4 Å². The molecule has 0 aliphatic rings. The lowest BCUT2D eigenvalue weighted by Gasteiger charge is -2.32. The summed E-state index contributed by atoms with van der Waals surface area (Å²) >= 11 is 12.4. The minimum absolute atomic E-state index is 0.0237. The van der Waals surface area contributed by atoms with E-state index < -0.39 is 16.1 Å². The molecule has 0 radical (unpaired) electrons. The van der Waals surface area contributed by atoms with Crippen molar-refractivity contribution in [2.75, 3.05) is 30.8 Å². The van der Waals surface area contributed by atoms with E-state index >= 15 is 0 Å². The van der Waals surface area contributed by atoms with Gasteiger partial charge in [0.15, 0.2) is 0 Å². The maximum absolute atomic E-state index is 13.9. The van der Waals surface area contributed by atoms with Gasteiger partial charge in [-0.2, -0.15) is 0 Å². The normalized spacial score (nSPS) is 11.9. The first-order valence-corrected chi connectivity index (χ1v) is 16.3. The van der Waals surface area contributed by atoms with Crippen molar-refractivity contribution in [1.82, 2.24) is 10.2 Å². The molecule has 0 fully saturated rings. The standard InChI is InChI=1S/C31H37Cl2N3O5S/c1-4-18-34-31(38)29(21-23-9-6-5-7-10-23)35(22-24-12-17-27(32)28(33)20-24)30(37)11-8-19-36(42(3,39)40)25-13-15-26(41-2)16-14-25/h5-7,9-10,12-17,20,29H,4,8,11,18-19,21-22H2,1-3H3,(H,34,38)/t29-/m0/s1. The van der Waals surface area contributed by atoms with Gasteiger partial charge < -0.3 is 15.0 Å². The molecule has 226 valence electrons. The molecule has 8 nitrogen and oxygen atoms in total. The molecule has 1 N–H and O–H groups in total. The van der Waals surface area contributed by atoms with Crippen LogP contribution in [0.2, 0.25) is 10.0 Å². The zero-order valence-electron chi connectivity index (χ0n) is 24.1. The predicted molar refractivity (Wildman–Crippen MR) is 169 cm³/mol. The number of amides is 2. The van der Waals surface area contributed by atoms with Gasteiger partial charge in [0.05, 0.1) is 29.1 Å². The van der Waals surface area contributed by atoms with Crippen molar-refractivity contribution in [2.24, 2.45) is 0 Å². The number of halogens is 2. The Balaban J connectivity index is 1.88. The van der Waals surface area contributed by atoms with Crippen LogP contribution >= 0.6 is 23.2 Å². The summed E-state index contributed by atoms with van der Waals surface area (Å²) in [5, 5.41) is 3.68. The first-order chi connectivity index (χ1) is 20.0. The Bertz CT molecular complexity index is 1440. The maximum Gasteiger partial charge on any atom is 0.243 e. The predicted octanol–water partition coefficient (Wildman–Crippen LogP) is 5.71. The first kappa shape index (κ1) is 33.2. The summed E-state index contributed by atoms with van der Waals surface area (Å²) in [4.78, 5) is 28.9. The second kappa shape index (κ2) is 15.8. The summed E-state index contributed by atoms with van der Waals surface area (Å²) in [6.45, 7) is 2.65. The molecule has 0 spiro atoms. The fourth-order valence-corrected chi connectivity index (χ4v) is 5.79. The van der Waals surface area contributed by atoms with Crippen molar-refractivity contribution in [1.29, 1.82) is 0 Å². The van der Waals surface area contributed by atoms with Crippen molar-refractivity contribution in [3.05, 3.63) is 94.0 Å². The molecule has 0 aliphatic heterocycles. The number of methoxy groups -OCH3 is 1. The quantitative estimate of drug-likeness (QED) is 0.231. The van der Waals surface area contributed by atoms with Gasteiger partial charge in [0.25, 0.3) is 0 Å². The largest absolute Gasteiger partial charge is 0.497 e. The molecule has 3 aromatic carbocycles. The van der Waals surface area contributed by atoms with Crippen LogP contribution in [0.15, 0.2) is 72.8 Å². The minimum atomic E-state index is -3.62. The number of hydrogen-bond donors (Lipinski definition) is 1. The van der Waals surface area contributed by atoms with E-state index in [0.29, 0.717) is 34.4 Å². The molecule has 0 saturated heterocycles. The number of sulfonamides is 1. The number of nitrogens with zero attached hydrogens (tertiary/aromatic N) is 2. The van der Waals surface area contributed by atoms with E-state index in [9.17, 15) is 18.0 Å². The van der Waals surface area contributed by atoms with Gasteiger partial charge in [-0.15, -0.1) is 0 Å². The number of ether oxygens (including phenoxy) is 1. The van der Waals surface area contributed by atoms with E-state index in [0.717, 1.165) is 23.8 Å². The Morgan fingerprint density at radius 2 is 1.64 bits per heavy atom. The zero-order valence-corrected chi connectivity index (χ0v) is 26.4. The molecule has 0 saturated carbocycles. The summed E-state index contributed by atoms with van der Waals surface area (Å²) in [5.74, 6) is 0.0630. The van der Waals surface area contributed by atoms with Gasteiger partial charge in [0.2, 0.25) is 21.8 Å². The molecule has 42 heavy (non-hydrogen) atoms. The van der Waals surface area contributed by atoms with E-state index in [-0.39, 0.29) is 37.7 Å². The van der Waals surface area contributed by atoms with E-state index in [1.54, 1.807) is 47.4 Å². The lowest BCUT2D eigenvalue weighted by Crippen LogP contribution is -2.50. The topological polar surface area (TPSA) is 96.0 Å². The average molecular weight is 635 g/mol. The van der Waals surface area contributed by atoms with Crippen LogP contribution in [0.1, 0.15) is 37.3 Å². The second-order valence-electron chi connectivity index (χ2n) is 9.90. The molecule has 1 atom stereocenters. The van der Waals surface area contributed by atoms with Crippen LogP contribution < -0.4 is 14.4 Å². The monoisotopic (exact) mass is 633 g/mol. The number of nitrogens with one attached hydrogen (secondary N) is 1.